The van der Waals surface area contributed by atoms with Crippen LogP contribution in [0.3, 0.4) is 0 Å². The number of hydrogen-bond acceptors (Lipinski definition) is 4. The molecular formula is C25H34Cl2LiO4P. The van der Waals surface area contributed by atoms with E-state index in [1.807, 2.05) is 32.9 Å². The molecule has 0 bridgehead atoms. The Balaban J connectivity index is 0.00000544. The summed E-state index contributed by atoms with van der Waals surface area (Å²) in [5, 5.41) is 1.36. The third kappa shape index (κ3) is 8.68. The Morgan fingerprint density at radius 2 is 1.30 bits per heavy atom. The van der Waals surface area contributed by atoms with Crippen LogP contribution in [0.1, 0.15) is 72.6 Å². The number of rotatable bonds is 12. The molecule has 0 spiro atoms. The van der Waals surface area contributed by atoms with Gasteiger partial charge in [-0.1, -0.05) is 50.0 Å². The van der Waals surface area contributed by atoms with Gasteiger partial charge in [0.1, 0.15) is 17.2 Å². The molecule has 4 atom stereocenters. The van der Waals surface area contributed by atoms with Gasteiger partial charge in [0.25, 0.3) is 0 Å². The van der Waals surface area contributed by atoms with Crippen LogP contribution in [0.4, 0.5) is 0 Å². The van der Waals surface area contributed by atoms with Crippen molar-refractivity contribution in [3.63, 3.8) is 0 Å². The fraction of sp³-hybridized carbons (Fsp3) is 0.480. The quantitative estimate of drug-likeness (QED) is 0.306. The first-order valence-electron chi connectivity index (χ1n) is 11.1. The van der Waals surface area contributed by atoms with Crippen molar-refractivity contribution in [3.8, 4) is 17.2 Å². The van der Waals surface area contributed by atoms with E-state index in [-0.39, 0.29) is 52.7 Å². The average molecular weight is 507 g/mol. The Labute approximate surface area is 223 Å². The van der Waals surface area contributed by atoms with Crippen molar-refractivity contribution in [2.75, 3.05) is 0 Å². The Morgan fingerprint density at radius 3 is 1.73 bits per heavy atom. The normalized spacial score (nSPS) is 13.8. The van der Waals surface area contributed by atoms with Crippen molar-refractivity contribution in [1.82, 2.24) is 0 Å². The van der Waals surface area contributed by atoms with Gasteiger partial charge >= 0.3 is 18.9 Å². The topological polar surface area (TPSA) is 44.8 Å². The molecule has 0 heterocycles. The van der Waals surface area contributed by atoms with Gasteiger partial charge < -0.3 is 15.6 Å². The van der Waals surface area contributed by atoms with E-state index in [0.717, 1.165) is 19.3 Å². The zero-order valence-electron chi connectivity index (χ0n) is 21.6. The van der Waals surface area contributed by atoms with Crippen molar-refractivity contribution < 1.29 is 39.3 Å². The third-order valence-corrected chi connectivity index (χ3v) is 7.04. The summed E-state index contributed by atoms with van der Waals surface area (Å²) in [6, 6.07) is 8.76. The summed E-state index contributed by atoms with van der Waals surface area (Å²) in [6.45, 7) is 12.2. The monoisotopic (exact) mass is 506 g/mol. The van der Waals surface area contributed by atoms with E-state index in [2.05, 4.69) is 20.8 Å². The second-order valence-electron chi connectivity index (χ2n) is 7.86. The molecule has 0 aliphatic heterocycles. The van der Waals surface area contributed by atoms with Crippen LogP contribution in [0.25, 0.3) is 0 Å². The Hall–Kier alpha value is -0.883. The molecule has 0 saturated carbocycles. The number of benzene rings is 2. The molecule has 0 fully saturated rings. The summed E-state index contributed by atoms with van der Waals surface area (Å²) in [6.07, 6.45) is 2.49. The predicted molar refractivity (Wildman–Crippen MR) is 137 cm³/mol. The van der Waals surface area contributed by atoms with Crippen molar-refractivity contribution in [2.45, 2.75) is 79.1 Å². The summed E-state index contributed by atoms with van der Waals surface area (Å²) in [7, 11) is -0.273. The first-order chi connectivity index (χ1) is 15.2. The molecule has 2 rings (SSSR count). The third-order valence-electron chi connectivity index (χ3n) is 5.19. The maximum absolute atomic E-state index is 13.3. The standard InChI is InChI=1S/C25H33Cl2O4P.Li.H/c1-7-15(4)29-18-13-21(30-16(5)8-2)24(22(14-18)31-17(6)9-3)32-25(28)23-19(26)11-10-12-20(23)27;;/h10-17,32H,7-9H2,1-6H3;;/q;+1;-1. The molecule has 4 unspecified atom stereocenters. The molecule has 8 heteroatoms. The van der Waals surface area contributed by atoms with Gasteiger partial charge in [0.15, 0.2) is 5.52 Å². The molecule has 0 radical (unpaired) electrons. The maximum Gasteiger partial charge on any atom is 1.00 e. The van der Waals surface area contributed by atoms with Gasteiger partial charge in [-0.2, -0.15) is 0 Å². The van der Waals surface area contributed by atoms with Crippen LogP contribution in [0.2, 0.25) is 10.0 Å². The number of halogens is 2. The second kappa shape index (κ2) is 14.5. The zero-order valence-corrected chi connectivity index (χ0v) is 23.1. The molecule has 0 aromatic heterocycles. The molecule has 0 aliphatic carbocycles. The molecular weight excluding hydrogens is 473 g/mol. The molecule has 33 heavy (non-hydrogen) atoms. The van der Waals surface area contributed by atoms with E-state index < -0.39 is 0 Å². The molecule has 0 saturated heterocycles. The minimum absolute atomic E-state index is 0. The van der Waals surface area contributed by atoms with Crippen molar-refractivity contribution in [1.29, 1.82) is 0 Å². The van der Waals surface area contributed by atoms with E-state index in [0.29, 0.717) is 38.2 Å². The maximum atomic E-state index is 13.3. The molecule has 0 amide bonds. The minimum atomic E-state index is -0.273. The molecule has 4 nitrogen and oxygen atoms in total. The minimum Gasteiger partial charge on any atom is -1.00 e. The van der Waals surface area contributed by atoms with Crippen LogP contribution in [0.5, 0.6) is 17.2 Å². The molecule has 0 aliphatic rings. The average Bonchev–Trinajstić information content (AvgIpc) is 2.75. The summed E-state index contributed by atoms with van der Waals surface area (Å²) < 4.78 is 18.5. The van der Waals surface area contributed by atoms with E-state index >= 15 is 0 Å². The van der Waals surface area contributed by atoms with Gasteiger partial charge in [-0.15, -0.1) is 0 Å². The van der Waals surface area contributed by atoms with Crippen LogP contribution in [0.15, 0.2) is 30.3 Å². The molecule has 2 aromatic rings. The summed E-state index contributed by atoms with van der Waals surface area (Å²) in [4.78, 5) is 13.3. The fourth-order valence-corrected chi connectivity index (χ4v) is 4.61. The SMILES string of the molecule is CCC(C)Oc1cc(OC(C)CC)c(PC(=O)c2c(Cl)cccc2Cl)c(OC(C)CC)c1.[H-].[Li+]. The first-order valence-corrected chi connectivity index (χ1v) is 12.9. The molecule has 2 aromatic carbocycles. The van der Waals surface area contributed by atoms with Crippen LogP contribution >= 0.6 is 31.8 Å². The summed E-state index contributed by atoms with van der Waals surface area (Å²) >= 11 is 12.6. The molecule has 0 N–H and O–H groups in total. The van der Waals surface area contributed by atoms with E-state index in [1.165, 1.54) is 0 Å². The second-order valence-corrected chi connectivity index (χ2v) is 9.87. The smallest absolute Gasteiger partial charge is 1.00 e. The summed E-state index contributed by atoms with van der Waals surface area (Å²) in [5.74, 6) is 1.84. The van der Waals surface area contributed by atoms with Gasteiger partial charge in [-0.3, -0.25) is 4.79 Å². The Bertz CT molecular complexity index is 879. The van der Waals surface area contributed by atoms with Gasteiger partial charge in [0.2, 0.25) is 0 Å². The van der Waals surface area contributed by atoms with E-state index in [4.69, 9.17) is 37.4 Å². The van der Waals surface area contributed by atoms with Crippen molar-refractivity contribution >= 4 is 42.6 Å². The summed E-state index contributed by atoms with van der Waals surface area (Å²) in [5.41, 5.74) is 0.150. The van der Waals surface area contributed by atoms with Crippen LogP contribution < -0.4 is 38.4 Å². The van der Waals surface area contributed by atoms with E-state index in [9.17, 15) is 4.79 Å². The van der Waals surface area contributed by atoms with Gasteiger partial charge in [-0.25, -0.2) is 0 Å². The fourth-order valence-electron chi connectivity index (χ4n) is 2.75. The first kappa shape index (κ1) is 30.1. The number of carbonyl (C=O) groups excluding carboxylic acids is 1. The van der Waals surface area contributed by atoms with Gasteiger partial charge in [0, 0.05) is 12.1 Å². The van der Waals surface area contributed by atoms with E-state index in [1.54, 1.807) is 18.2 Å². The Kier molecular flexibility index (Phi) is 13.2. The van der Waals surface area contributed by atoms with Gasteiger partial charge in [-0.05, 0) is 60.7 Å². The van der Waals surface area contributed by atoms with Gasteiger partial charge in [0.05, 0.1) is 39.2 Å². The van der Waals surface area contributed by atoms with Crippen LogP contribution in [0, 0.1) is 0 Å². The number of hydrogen-bond donors (Lipinski definition) is 0. The largest absolute Gasteiger partial charge is 1.00 e. The van der Waals surface area contributed by atoms with Crippen molar-refractivity contribution in [3.05, 3.63) is 45.9 Å². The van der Waals surface area contributed by atoms with Crippen LogP contribution in [-0.2, 0) is 0 Å². The van der Waals surface area contributed by atoms with Crippen molar-refractivity contribution in [2.24, 2.45) is 0 Å². The number of ether oxygens (including phenoxy) is 3. The number of carbonyl (C=O) groups is 1. The predicted octanol–water partition coefficient (Wildman–Crippen LogP) is 4.79. The molecule has 178 valence electrons. The zero-order chi connectivity index (χ0) is 23.8. The van der Waals surface area contributed by atoms with Crippen LogP contribution in [-0.4, -0.2) is 23.8 Å². The Morgan fingerprint density at radius 1 is 0.879 bits per heavy atom.